The topological polar surface area (TPSA) is 41.5 Å². The number of hydrogen-bond donors (Lipinski definition) is 2. The summed E-state index contributed by atoms with van der Waals surface area (Å²) < 4.78 is 5.32. The van der Waals surface area contributed by atoms with E-state index in [-0.39, 0.29) is 19.0 Å². The van der Waals surface area contributed by atoms with E-state index >= 15 is 0 Å². The van der Waals surface area contributed by atoms with Crippen molar-refractivity contribution in [3.05, 3.63) is 29.8 Å². The van der Waals surface area contributed by atoms with Crippen LogP contribution in [-0.4, -0.2) is 24.4 Å². The van der Waals surface area contributed by atoms with Gasteiger partial charge in [0, 0.05) is 12.6 Å². The summed E-state index contributed by atoms with van der Waals surface area (Å²) in [6, 6.07) is 8.78. The number of nitrogens with one attached hydrogen (secondary N) is 1. The summed E-state index contributed by atoms with van der Waals surface area (Å²) in [6.07, 6.45) is 5.37. The Balaban J connectivity index is 0.00000162. The highest BCUT2D eigenvalue weighted by atomic mass is 35.5. The molecule has 0 aromatic heterocycles. The van der Waals surface area contributed by atoms with Crippen molar-refractivity contribution in [1.82, 2.24) is 5.32 Å². The lowest BCUT2D eigenvalue weighted by atomic mass is 10.2. The molecule has 0 amide bonds. The molecule has 1 aromatic carbocycles. The fourth-order valence-electron chi connectivity index (χ4n) is 2.26. The second-order valence-corrected chi connectivity index (χ2v) is 4.58. The maximum Gasteiger partial charge on any atom is 0.119 e. The number of hydrogen-bond acceptors (Lipinski definition) is 3. The minimum Gasteiger partial charge on any atom is -0.491 e. The highest BCUT2D eigenvalue weighted by Crippen LogP contribution is 2.18. The molecule has 0 atom stereocenters. The zero-order chi connectivity index (χ0) is 11.9. The van der Waals surface area contributed by atoms with E-state index in [2.05, 4.69) is 17.4 Å². The molecule has 1 saturated carbocycles. The first kappa shape index (κ1) is 15.3. The summed E-state index contributed by atoms with van der Waals surface area (Å²) in [6.45, 7) is 1.36. The van der Waals surface area contributed by atoms with Gasteiger partial charge in [0.1, 0.15) is 12.4 Å². The van der Waals surface area contributed by atoms with Gasteiger partial charge in [0.2, 0.25) is 0 Å². The molecule has 0 unspecified atom stereocenters. The van der Waals surface area contributed by atoms with Gasteiger partial charge in [-0.3, -0.25) is 0 Å². The first-order valence-corrected chi connectivity index (χ1v) is 6.44. The van der Waals surface area contributed by atoms with Crippen molar-refractivity contribution in [1.29, 1.82) is 0 Å². The van der Waals surface area contributed by atoms with Crippen LogP contribution in [0.1, 0.15) is 31.2 Å². The molecule has 0 radical (unpaired) electrons. The van der Waals surface area contributed by atoms with Crippen molar-refractivity contribution < 1.29 is 9.84 Å². The van der Waals surface area contributed by atoms with E-state index in [1.165, 1.54) is 31.2 Å². The summed E-state index contributed by atoms with van der Waals surface area (Å²) >= 11 is 0. The first-order chi connectivity index (χ1) is 8.38. The predicted molar refractivity (Wildman–Crippen MR) is 75.4 cm³/mol. The number of halogens is 1. The van der Waals surface area contributed by atoms with Crippen LogP contribution in [0.2, 0.25) is 0 Å². The van der Waals surface area contributed by atoms with Gasteiger partial charge in [-0.25, -0.2) is 0 Å². The fraction of sp³-hybridized carbons (Fsp3) is 0.571. The zero-order valence-corrected chi connectivity index (χ0v) is 11.4. The Labute approximate surface area is 115 Å². The Kier molecular flexibility index (Phi) is 7.09. The van der Waals surface area contributed by atoms with Crippen LogP contribution in [0.4, 0.5) is 0 Å². The molecule has 3 nitrogen and oxygen atoms in total. The molecule has 1 fully saturated rings. The summed E-state index contributed by atoms with van der Waals surface area (Å²) in [4.78, 5) is 0. The molecule has 1 aliphatic carbocycles. The summed E-state index contributed by atoms with van der Waals surface area (Å²) in [5.41, 5.74) is 1.29. The van der Waals surface area contributed by atoms with Crippen molar-refractivity contribution in [2.24, 2.45) is 0 Å². The Morgan fingerprint density at radius 2 is 1.83 bits per heavy atom. The third-order valence-corrected chi connectivity index (χ3v) is 3.23. The zero-order valence-electron chi connectivity index (χ0n) is 10.6. The highest BCUT2D eigenvalue weighted by Gasteiger charge is 2.13. The quantitative estimate of drug-likeness (QED) is 0.835. The molecule has 0 aliphatic heterocycles. The molecular formula is C14H22ClNO2. The summed E-state index contributed by atoms with van der Waals surface area (Å²) in [5, 5.41) is 12.2. The Bertz CT molecular complexity index is 323. The maximum atomic E-state index is 8.65. The normalized spacial score (nSPS) is 15.4. The van der Waals surface area contributed by atoms with Gasteiger partial charge in [-0.2, -0.15) is 0 Å². The molecule has 2 rings (SSSR count). The molecule has 0 heterocycles. The lowest BCUT2D eigenvalue weighted by molar-refractivity contribution is 0.201. The SMILES string of the molecule is Cl.OCCOc1ccc(CNC2CCCC2)cc1. The number of rotatable bonds is 6. The predicted octanol–water partition coefficient (Wildman–Crippen LogP) is 2.51. The van der Waals surface area contributed by atoms with Crippen LogP contribution in [0.15, 0.2) is 24.3 Å². The van der Waals surface area contributed by atoms with Gasteiger partial charge in [0.25, 0.3) is 0 Å². The molecule has 0 saturated heterocycles. The Morgan fingerprint density at radius 3 is 2.44 bits per heavy atom. The van der Waals surface area contributed by atoms with Crippen LogP contribution in [0, 0.1) is 0 Å². The minimum absolute atomic E-state index is 0. The van der Waals surface area contributed by atoms with Gasteiger partial charge in [0.05, 0.1) is 6.61 Å². The van der Waals surface area contributed by atoms with Gasteiger partial charge in [0.15, 0.2) is 0 Å². The number of ether oxygens (including phenoxy) is 1. The third kappa shape index (κ3) is 4.84. The smallest absolute Gasteiger partial charge is 0.119 e. The fourth-order valence-corrected chi connectivity index (χ4v) is 2.26. The largest absolute Gasteiger partial charge is 0.491 e. The van der Waals surface area contributed by atoms with Crippen LogP contribution >= 0.6 is 12.4 Å². The summed E-state index contributed by atoms with van der Waals surface area (Å²) in [5.74, 6) is 0.823. The van der Waals surface area contributed by atoms with Gasteiger partial charge < -0.3 is 15.2 Å². The van der Waals surface area contributed by atoms with Gasteiger partial charge in [-0.1, -0.05) is 25.0 Å². The van der Waals surface area contributed by atoms with Crippen LogP contribution in [0.3, 0.4) is 0 Å². The molecule has 4 heteroatoms. The molecule has 0 spiro atoms. The van der Waals surface area contributed by atoms with Crippen LogP contribution in [0.25, 0.3) is 0 Å². The molecule has 18 heavy (non-hydrogen) atoms. The number of aliphatic hydroxyl groups is 1. The molecule has 2 N–H and O–H groups in total. The van der Waals surface area contributed by atoms with Crippen molar-refractivity contribution in [3.63, 3.8) is 0 Å². The lowest BCUT2D eigenvalue weighted by Crippen LogP contribution is -2.25. The minimum atomic E-state index is 0. The van der Waals surface area contributed by atoms with Crippen LogP contribution in [-0.2, 0) is 6.54 Å². The van der Waals surface area contributed by atoms with E-state index in [4.69, 9.17) is 9.84 Å². The average molecular weight is 272 g/mol. The monoisotopic (exact) mass is 271 g/mol. The standard InChI is InChI=1S/C14H21NO2.ClH/c16-9-10-17-14-7-5-12(6-8-14)11-15-13-3-1-2-4-13;/h5-8,13,15-16H,1-4,9-11H2;1H. The van der Waals surface area contributed by atoms with Gasteiger partial charge >= 0.3 is 0 Å². The van der Waals surface area contributed by atoms with E-state index in [9.17, 15) is 0 Å². The van der Waals surface area contributed by atoms with Crippen LogP contribution < -0.4 is 10.1 Å². The van der Waals surface area contributed by atoms with E-state index in [0.717, 1.165) is 12.3 Å². The van der Waals surface area contributed by atoms with Crippen molar-refractivity contribution in [3.8, 4) is 5.75 Å². The van der Waals surface area contributed by atoms with Crippen molar-refractivity contribution >= 4 is 12.4 Å². The van der Waals surface area contributed by atoms with Crippen molar-refractivity contribution in [2.75, 3.05) is 13.2 Å². The highest BCUT2D eigenvalue weighted by molar-refractivity contribution is 5.85. The van der Waals surface area contributed by atoms with E-state index in [1.807, 2.05) is 12.1 Å². The Morgan fingerprint density at radius 1 is 1.17 bits per heavy atom. The second kappa shape index (κ2) is 8.35. The number of benzene rings is 1. The molecule has 102 valence electrons. The van der Waals surface area contributed by atoms with Gasteiger partial charge in [-0.15, -0.1) is 12.4 Å². The van der Waals surface area contributed by atoms with E-state index < -0.39 is 0 Å². The number of aliphatic hydroxyl groups excluding tert-OH is 1. The van der Waals surface area contributed by atoms with E-state index in [1.54, 1.807) is 0 Å². The van der Waals surface area contributed by atoms with E-state index in [0.29, 0.717) is 12.6 Å². The molecule has 0 bridgehead atoms. The third-order valence-electron chi connectivity index (χ3n) is 3.23. The lowest BCUT2D eigenvalue weighted by Gasteiger charge is -2.12. The first-order valence-electron chi connectivity index (χ1n) is 6.44. The Hall–Kier alpha value is -0.770. The average Bonchev–Trinajstić information content (AvgIpc) is 2.88. The van der Waals surface area contributed by atoms with Crippen molar-refractivity contribution in [2.45, 2.75) is 38.3 Å². The maximum absolute atomic E-state index is 8.65. The molecule has 1 aliphatic rings. The van der Waals surface area contributed by atoms with Gasteiger partial charge in [-0.05, 0) is 30.5 Å². The van der Waals surface area contributed by atoms with Crippen LogP contribution in [0.5, 0.6) is 5.75 Å². The second-order valence-electron chi connectivity index (χ2n) is 4.58. The molecule has 1 aromatic rings. The summed E-state index contributed by atoms with van der Waals surface area (Å²) in [7, 11) is 0. The molecular weight excluding hydrogens is 250 g/mol.